The second-order valence-electron chi connectivity index (χ2n) is 6.34. The molecular formula is C20H22N2O5. The van der Waals surface area contributed by atoms with Gasteiger partial charge in [-0.25, -0.2) is 0 Å². The molecule has 142 valence electrons. The summed E-state index contributed by atoms with van der Waals surface area (Å²) in [5.74, 6) is 1.41. The number of benzene rings is 2. The van der Waals surface area contributed by atoms with Crippen molar-refractivity contribution in [2.75, 3.05) is 32.8 Å². The fraction of sp³-hybridized carbons (Fsp3) is 0.300. The molecule has 1 heterocycles. The summed E-state index contributed by atoms with van der Waals surface area (Å²) in [5.41, 5.74) is 1.80. The second-order valence-corrected chi connectivity index (χ2v) is 6.34. The molecule has 1 N–H and O–H groups in total. The van der Waals surface area contributed by atoms with Gasteiger partial charge in [0.2, 0.25) is 12.7 Å². The van der Waals surface area contributed by atoms with Crippen LogP contribution >= 0.6 is 0 Å². The molecule has 1 aliphatic rings. The fourth-order valence-corrected chi connectivity index (χ4v) is 2.95. The monoisotopic (exact) mass is 370 g/mol. The number of ketones is 1. The highest BCUT2D eigenvalue weighted by Crippen LogP contribution is 2.37. The zero-order chi connectivity index (χ0) is 19.4. The van der Waals surface area contributed by atoms with E-state index >= 15 is 0 Å². The van der Waals surface area contributed by atoms with Gasteiger partial charge in [-0.3, -0.25) is 14.5 Å². The molecule has 0 aliphatic carbocycles. The molecule has 0 fully saturated rings. The first kappa shape index (κ1) is 18.7. The molecule has 0 atom stereocenters. The van der Waals surface area contributed by atoms with E-state index < -0.39 is 0 Å². The number of carbonyl (C=O) groups is 2. The molecule has 1 amide bonds. The van der Waals surface area contributed by atoms with Crippen LogP contribution in [0.5, 0.6) is 17.2 Å². The number of hydrogen-bond acceptors (Lipinski definition) is 6. The number of methoxy groups -OCH3 is 1. The van der Waals surface area contributed by atoms with Crippen LogP contribution in [-0.4, -0.2) is 44.1 Å². The molecule has 1 aliphatic heterocycles. The van der Waals surface area contributed by atoms with E-state index in [-0.39, 0.29) is 25.0 Å². The molecule has 7 heteroatoms. The van der Waals surface area contributed by atoms with Crippen LogP contribution in [0.15, 0.2) is 36.4 Å². The Morgan fingerprint density at radius 3 is 2.59 bits per heavy atom. The Kier molecular flexibility index (Phi) is 5.61. The van der Waals surface area contributed by atoms with E-state index in [9.17, 15) is 9.59 Å². The Morgan fingerprint density at radius 1 is 1.19 bits per heavy atom. The number of hydrogen-bond donors (Lipinski definition) is 1. The number of ether oxygens (including phenoxy) is 3. The second kappa shape index (κ2) is 8.09. The van der Waals surface area contributed by atoms with Gasteiger partial charge in [-0.2, -0.15) is 0 Å². The zero-order valence-electron chi connectivity index (χ0n) is 15.6. The van der Waals surface area contributed by atoms with Crippen LogP contribution in [0.4, 0.5) is 5.69 Å². The fourth-order valence-electron chi connectivity index (χ4n) is 2.95. The zero-order valence-corrected chi connectivity index (χ0v) is 15.6. The third-order valence-corrected chi connectivity index (χ3v) is 4.21. The summed E-state index contributed by atoms with van der Waals surface area (Å²) in [6, 6.07) is 10.9. The average Bonchev–Trinajstić information content (AvgIpc) is 3.08. The molecule has 0 unspecified atom stereocenters. The number of carbonyl (C=O) groups excluding carboxylic acids is 2. The molecule has 0 radical (unpaired) electrons. The molecular weight excluding hydrogens is 348 g/mol. The molecule has 27 heavy (non-hydrogen) atoms. The summed E-state index contributed by atoms with van der Waals surface area (Å²) in [5, 5.41) is 2.80. The van der Waals surface area contributed by atoms with Crippen molar-refractivity contribution in [3.05, 3.63) is 47.5 Å². The highest BCUT2D eigenvalue weighted by Gasteiger charge is 2.20. The summed E-state index contributed by atoms with van der Waals surface area (Å²) in [6.45, 7) is 2.26. The van der Waals surface area contributed by atoms with E-state index in [1.54, 1.807) is 19.2 Å². The number of nitrogens with zero attached hydrogens (tertiary/aromatic N) is 1. The largest absolute Gasteiger partial charge is 0.496 e. The van der Waals surface area contributed by atoms with Gasteiger partial charge in [0, 0.05) is 23.7 Å². The predicted octanol–water partition coefficient (Wildman–Crippen LogP) is 2.70. The minimum Gasteiger partial charge on any atom is -0.496 e. The van der Waals surface area contributed by atoms with E-state index in [0.29, 0.717) is 29.3 Å². The molecule has 0 spiro atoms. The number of nitrogens with one attached hydrogen (secondary N) is 1. The lowest BCUT2D eigenvalue weighted by Crippen LogP contribution is -2.30. The SMILES string of the molecule is COc1ccccc1CN(C)CC(=O)Nc1cc2c(cc1C(C)=O)OCO2. The van der Waals surface area contributed by atoms with E-state index in [1.807, 2.05) is 36.2 Å². The van der Waals surface area contributed by atoms with Crippen molar-refractivity contribution >= 4 is 17.4 Å². The lowest BCUT2D eigenvalue weighted by Gasteiger charge is -2.18. The van der Waals surface area contributed by atoms with Gasteiger partial charge in [0.1, 0.15) is 5.75 Å². The van der Waals surface area contributed by atoms with Gasteiger partial charge >= 0.3 is 0 Å². The van der Waals surface area contributed by atoms with Crippen LogP contribution in [-0.2, 0) is 11.3 Å². The molecule has 0 saturated heterocycles. The Balaban J connectivity index is 1.68. The van der Waals surface area contributed by atoms with Crippen LogP contribution in [0, 0.1) is 0 Å². The van der Waals surface area contributed by atoms with E-state index in [1.165, 1.54) is 6.92 Å². The standard InChI is InChI=1S/C20H22N2O5/c1-13(23)15-8-18-19(27-12-26-18)9-16(15)21-20(24)11-22(2)10-14-6-4-5-7-17(14)25-3/h4-9H,10-12H2,1-3H3,(H,21,24). The van der Waals surface area contributed by atoms with Crippen LogP contribution < -0.4 is 19.5 Å². The van der Waals surface area contributed by atoms with Crippen molar-refractivity contribution in [2.45, 2.75) is 13.5 Å². The van der Waals surface area contributed by atoms with Gasteiger partial charge in [-0.1, -0.05) is 18.2 Å². The Hall–Kier alpha value is -3.06. The van der Waals surface area contributed by atoms with Crippen LogP contribution in [0.25, 0.3) is 0 Å². The Bertz CT molecular complexity index is 865. The number of fused-ring (bicyclic) bond motifs is 1. The lowest BCUT2D eigenvalue weighted by molar-refractivity contribution is -0.117. The van der Waals surface area contributed by atoms with E-state index in [4.69, 9.17) is 14.2 Å². The van der Waals surface area contributed by atoms with Crippen molar-refractivity contribution in [3.63, 3.8) is 0 Å². The smallest absolute Gasteiger partial charge is 0.238 e. The van der Waals surface area contributed by atoms with E-state index in [0.717, 1.165) is 11.3 Å². The van der Waals surface area contributed by atoms with Crippen molar-refractivity contribution < 1.29 is 23.8 Å². The summed E-state index contributed by atoms with van der Waals surface area (Å²) >= 11 is 0. The molecule has 2 aromatic rings. The van der Waals surface area contributed by atoms with E-state index in [2.05, 4.69) is 5.32 Å². The highest BCUT2D eigenvalue weighted by atomic mass is 16.7. The normalized spacial score (nSPS) is 12.1. The molecule has 3 rings (SSSR count). The first-order valence-electron chi connectivity index (χ1n) is 8.53. The predicted molar refractivity (Wildman–Crippen MR) is 101 cm³/mol. The average molecular weight is 370 g/mol. The maximum Gasteiger partial charge on any atom is 0.238 e. The molecule has 0 bridgehead atoms. The molecule has 0 saturated carbocycles. The van der Waals surface area contributed by atoms with Gasteiger partial charge in [0.15, 0.2) is 17.3 Å². The Labute approximate surface area is 157 Å². The number of Topliss-reactive ketones (excluding diaryl/α,β-unsaturated/α-hetero) is 1. The number of rotatable bonds is 7. The molecule has 2 aromatic carbocycles. The Morgan fingerprint density at radius 2 is 1.89 bits per heavy atom. The minimum absolute atomic E-state index is 0.103. The topological polar surface area (TPSA) is 77.1 Å². The van der Waals surface area contributed by atoms with Crippen molar-refractivity contribution in [1.29, 1.82) is 0 Å². The summed E-state index contributed by atoms with van der Waals surface area (Å²) < 4.78 is 16.0. The van der Waals surface area contributed by atoms with Gasteiger partial charge in [0.25, 0.3) is 0 Å². The van der Waals surface area contributed by atoms with Crippen LogP contribution in [0.1, 0.15) is 22.8 Å². The van der Waals surface area contributed by atoms with Gasteiger partial charge in [-0.15, -0.1) is 0 Å². The van der Waals surface area contributed by atoms with Crippen molar-refractivity contribution in [1.82, 2.24) is 4.90 Å². The quantitative estimate of drug-likeness (QED) is 0.755. The van der Waals surface area contributed by atoms with Gasteiger partial charge in [-0.05, 0) is 26.1 Å². The number of para-hydroxylation sites is 1. The van der Waals surface area contributed by atoms with Crippen molar-refractivity contribution in [3.8, 4) is 17.2 Å². The number of likely N-dealkylation sites (N-methyl/N-ethyl adjacent to an activating group) is 1. The van der Waals surface area contributed by atoms with Crippen LogP contribution in [0.2, 0.25) is 0 Å². The van der Waals surface area contributed by atoms with Crippen molar-refractivity contribution in [2.24, 2.45) is 0 Å². The van der Waals surface area contributed by atoms with Crippen LogP contribution in [0.3, 0.4) is 0 Å². The first-order chi connectivity index (χ1) is 13.0. The lowest BCUT2D eigenvalue weighted by atomic mass is 10.1. The minimum atomic E-state index is -0.228. The number of amides is 1. The highest BCUT2D eigenvalue weighted by molar-refractivity contribution is 6.05. The third-order valence-electron chi connectivity index (χ3n) is 4.21. The third kappa shape index (κ3) is 4.38. The first-order valence-corrected chi connectivity index (χ1v) is 8.53. The molecule has 0 aromatic heterocycles. The summed E-state index contributed by atoms with van der Waals surface area (Å²) in [4.78, 5) is 26.3. The van der Waals surface area contributed by atoms with Gasteiger partial charge < -0.3 is 19.5 Å². The molecule has 7 nitrogen and oxygen atoms in total. The maximum atomic E-state index is 12.5. The maximum absolute atomic E-state index is 12.5. The number of anilines is 1. The summed E-state index contributed by atoms with van der Waals surface area (Å²) in [7, 11) is 3.46. The van der Waals surface area contributed by atoms with Gasteiger partial charge in [0.05, 0.1) is 19.3 Å². The summed E-state index contributed by atoms with van der Waals surface area (Å²) in [6.07, 6.45) is 0.